The molecule has 0 aliphatic carbocycles. The third kappa shape index (κ3) is 3.51. The van der Waals surface area contributed by atoms with Crippen molar-refractivity contribution in [1.82, 2.24) is 9.78 Å². The lowest BCUT2D eigenvalue weighted by atomic mass is 10.1. The first kappa shape index (κ1) is 14.6. The Balaban J connectivity index is 2.95. The molecular weight excluding hydrogens is 242 g/mol. The molecule has 1 aromatic rings. The second-order valence-corrected chi connectivity index (χ2v) is 4.37. The maximum absolute atomic E-state index is 13.0. The normalized spacial score (nSPS) is 11.3. The van der Waals surface area contributed by atoms with Crippen molar-refractivity contribution in [1.29, 1.82) is 0 Å². The fraction of sp³-hybridized carbons (Fsp3) is 0.667. The standard InChI is InChI=1S/C12H18F2N2O2/c1-4-18-12(17)9-7-15-16(6-5-8(2)3)10(9)11(13)14/h7-8,11H,4-6H2,1-3H3. The van der Waals surface area contributed by atoms with Crippen LogP contribution in [0.4, 0.5) is 8.78 Å². The number of rotatable bonds is 6. The van der Waals surface area contributed by atoms with Crippen LogP contribution in [0.5, 0.6) is 0 Å². The molecule has 0 aliphatic rings. The number of aryl methyl sites for hydroxylation is 1. The average Bonchev–Trinajstić information content (AvgIpc) is 2.70. The van der Waals surface area contributed by atoms with Gasteiger partial charge in [-0.25, -0.2) is 13.6 Å². The van der Waals surface area contributed by atoms with Gasteiger partial charge in [0.1, 0.15) is 11.3 Å². The van der Waals surface area contributed by atoms with Gasteiger partial charge in [0.2, 0.25) is 0 Å². The van der Waals surface area contributed by atoms with Crippen LogP contribution in [-0.2, 0) is 11.3 Å². The molecule has 0 bridgehead atoms. The predicted octanol–water partition coefficient (Wildman–Crippen LogP) is 3.04. The zero-order valence-electron chi connectivity index (χ0n) is 10.8. The molecule has 102 valence electrons. The van der Waals surface area contributed by atoms with E-state index in [9.17, 15) is 13.6 Å². The summed E-state index contributed by atoms with van der Waals surface area (Å²) >= 11 is 0. The van der Waals surface area contributed by atoms with Gasteiger partial charge in [0.05, 0.1) is 12.8 Å². The monoisotopic (exact) mass is 260 g/mol. The molecule has 0 saturated carbocycles. The first-order valence-electron chi connectivity index (χ1n) is 5.98. The number of hydrogen-bond donors (Lipinski definition) is 0. The molecular formula is C12H18F2N2O2. The van der Waals surface area contributed by atoms with Crippen LogP contribution in [-0.4, -0.2) is 22.4 Å². The highest BCUT2D eigenvalue weighted by atomic mass is 19.3. The molecule has 0 spiro atoms. The highest BCUT2D eigenvalue weighted by Gasteiger charge is 2.25. The number of esters is 1. The summed E-state index contributed by atoms with van der Waals surface area (Å²) in [6.07, 6.45) is -0.859. The Morgan fingerprint density at radius 2 is 2.17 bits per heavy atom. The number of halogens is 2. The number of aromatic nitrogens is 2. The smallest absolute Gasteiger partial charge is 0.341 e. The van der Waals surface area contributed by atoms with Gasteiger partial charge in [-0.1, -0.05) is 13.8 Å². The maximum Gasteiger partial charge on any atom is 0.341 e. The number of alkyl halides is 2. The molecule has 6 heteroatoms. The van der Waals surface area contributed by atoms with E-state index in [0.717, 1.165) is 12.6 Å². The second-order valence-electron chi connectivity index (χ2n) is 4.37. The summed E-state index contributed by atoms with van der Waals surface area (Å²) in [6, 6.07) is 0. The quantitative estimate of drug-likeness (QED) is 0.738. The summed E-state index contributed by atoms with van der Waals surface area (Å²) < 4.78 is 31.9. The lowest BCUT2D eigenvalue weighted by Gasteiger charge is -2.10. The van der Waals surface area contributed by atoms with Gasteiger partial charge in [0.25, 0.3) is 6.43 Å². The van der Waals surface area contributed by atoms with Crippen LogP contribution in [0.2, 0.25) is 0 Å². The molecule has 1 rings (SSSR count). The number of hydrogen-bond acceptors (Lipinski definition) is 3. The van der Waals surface area contributed by atoms with Crippen molar-refractivity contribution in [2.24, 2.45) is 5.92 Å². The largest absolute Gasteiger partial charge is 0.462 e. The molecule has 0 saturated heterocycles. The van der Waals surface area contributed by atoms with Crippen molar-refractivity contribution in [3.63, 3.8) is 0 Å². The Morgan fingerprint density at radius 1 is 1.50 bits per heavy atom. The van der Waals surface area contributed by atoms with Crippen LogP contribution in [0.1, 0.15) is 49.7 Å². The molecule has 4 nitrogen and oxygen atoms in total. The molecule has 0 unspecified atom stereocenters. The van der Waals surface area contributed by atoms with E-state index in [1.807, 2.05) is 13.8 Å². The SMILES string of the molecule is CCOC(=O)c1cnn(CCC(C)C)c1C(F)F. The molecule has 1 heterocycles. The van der Waals surface area contributed by atoms with Gasteiger partial charge in [-0.15, -0.1) is 0 Å². The maximum atomic E-state index is 13.0. The van der Waals surface area contributed by atoms with E-state index in [2.05, 4.69) is 5.10 Å². The molecule has 18 heavy (non-hydrogen) atoms. The van der Waals surface area contributed by atoms with Crippen molar-refractivity contribution >= 4 is 5.97 Å². The minimum absolute atomic E-state index is 0.143. The van der Waals surface area contributed by atoms with Gasteiger partial charge < -0.3 is 4.74 Å². The number of carbonyl (C=O) groups is 1. The van der Waals surface area contributed by atoms with Crippen molar-refractivity contribution in [2.75, 3.05) is 6.61 Å². The number of nitrogens with zero attached hydrogens (tertiary/aromatic N) is 2. The Labute approximate surface area is 105 Å². The molecule has 0 radical (unpaired) electrons. The van der Waals surface area contributed by atoms with E-state index in [1.54, 1.807) is 6.92 Å². The third-order valence-electron chi connectivity index (χ3n) is 2.50. The van der Waals surface area contributed by atoms with Gasteiger partial charge in [-0.2, -0.15) is 5.10 Å². The van der Waals surface area contributed by atoms with Crippen LogP contribution >= 0.6 is 0 Å². The Morgan fingerprint density at radius 3 is 2.67 bits per heavy atom. The molecule has 0 aliphatic heterocycles. The first-order valence-corrected chi connectivity index (χ1v) is 5.98. The summed E-state index contributed by atoms with van der Waals surface area (Å²) in [5.41, 5.74) is -0.496. The van der Waals surface area contributed by atoms with E-state index in [1.165, 1.54) is 4.68 Å². The van der Waals surface area contributed by atoms with Gasteiger partial charge in [0, 0.05) is 6.54 Å². The minimum atomic E-state index is -2.74. The van der Waals surface area contributed by atoms with E-state index in [0.29, 0.717) is 12.5 Å². The lowest BCUT2D eigenvalue weighted by molar-refractivity contribution is 0.0513. The van der Waals surface area contributed by atoms with Crippen molar-refractivity contribution in [3.8, 4) is 0 Å². The van der Waals surface area contributed by atoms with Crippen molar-refractivity contribution in [2.45, 2.75) is 40.2 Å². The Bertz CT molecular complexity index is 403. The van der Waals surface area contributed by atoms with Crippen molar-refractivity contribution in [3.05, 3.63) is 17.5 Å². The van der Waals surface area contributed by atoms with E-state index in [-0.39, 0.29) is 17.9 Å². The molecule has 0 aromatic carbocycles. The summed E-state index contributed by atoms with van der Waals surface area (Å²) in [7, 11) is 0. The zero-order chi connectivity index (χ0) is 13.7. The van der Waals surface area contributed by atoms with E-state index in [4.69, 9.17) is 4.74 Å². The Kier molecular flexibility index (Phi) is 5.25. The Hall–Kier alpha value is -1.46. The highest BCUT2D eigenvalue weighted by molar-refractivity contribution is 5.90. The third-order valence-corrected chi connectivity index (χ3v) is 2.50. The minimum Gasteiger partial charge on any atom is -0.462 e. The fourth-order valence-electron chi connectivity index (χ4n) is 1.55. The van der Waals surface area contributed by atoms with Crippen molar-refractivity contribution < 1.29 is 18.3 Å². The van der Waals surface area contributed by atoms with Crippen LogP contribution in [0.15, 0.2) is 6.20 Å². The zero-order valence-corrected chi connectivity index (χ0v) is 10.8. The first-order chi connectivity index (χ1) is 8.47. The molecule has 0 atom stereocenters. The number of ether oxygens (including phenoxy) is 1. The van der Waals surface area contributed by atoms with E-state index < -0.39 is 12.4 Å². The second kappa shape index (κ2) is 6.47. The molecule has 0 amide bonds. The summed E-state index contributed by atoms with van der Waals surface area (Å²) in [5, 5.41) is 3.85. The van der Waals surface area contributed by atoms with Crippen LogP contribution in [0.3, 0.4) is 0 Å². The van der Waals surface area contributed by atoms with Crippen LogP contribution in [0, 0.1) is 5.92 Å². The molecule has 0 fully saturated rings. The van der Waals surface area contributed by atoms with E-state index >= 15 is 0 Å². The number of carbonyl (C=O) groups excluding carboxylic acids is 1. The van der Waals surface area contributed by atoms with Gasteiger partial charge >= 0.3 is 5.97 Å². The molecule has 1 aromatic heterocycles. The van der Waals surface area contributed by atoms with Crippen LogP contribution < -0.4 is 0 Å². The van der Waals surface area contributed by atoms with Gasteiger partial charge in [-0.3, -0.25) is 4.68 Å². The topological polar surface area (TPSA) is 44.1 Å². The van der Waals surface area contributed by atoms with Gasteiger partial charge in [0.15, 0.2) is 0 Å². The predicted molar refractivity (Wildman–Crippen MR) is 62.6 cm³/mol. The summed E-state index contributed by atoms with van der Waals surface area (Å²) in [6.45, 7) is 6.15. The lowest BCUT2D eigenvalue weighted by Crippen LogP contribution is -2.12. The summed E-state index contributed by atoms with van der Waals surface area (Å²) in [4.78, 5) is 11.5. The average molecular weight is 260 g/mol. The molecule has 0 N–H and O–H groups in total. The summed E-state index contributed by atoms with van der Waals surface area (Å²) in [5.74, 6) is -0.366. The van der Waals surface area contributed by atoms with Gasteiger partial charge in [-0.05, 0) is 19.3 Å². The fourth-order valence-corrected chi connectivity index (χ4v) is 1.55. The highest BCUT2D eigenvalue weighted by Crippen LogP contribution is 2.24. The van der Waals surface area contributed by atoms with Crippen LogP contribution in [0.25, 0.3) is 0 Å².